The average molecular weight is 404 g/mol. The Labute approximate surface area is 153 Å². The van der Waals surface area contributed by atoms with E-state index in [0.717, 1.165) is 17.3 Å². The third kappa shape index (κ3) is 2.63. The Morgan fingerprint density at radius 1 is 1.16 bits per heavy atom. The topological polar surface area (TPSA) is 74.7 Å². The second-order valence-electron chi connectivity index (χ2n) is 7.06. The summed E-state index contributed by atoms with van der Waals surface area (Å²) >= 11 is 3.38. The molecule has 25 heavy (non-hydrogen) atoms. The molecule has 0 spiro atoms. The van der Waals surface area contributed by atoms with E-state index in [1.165, 1.54) is 4.90 Å². The zero-order valence-electron chi connectivity index (χ0n) is 13.5. The monoisotopic (exact) mass is 403 g/mol. The second kappa shape index (κ2) is 6.09. The molecule has 1 heterocycles. The van der Waals surface area contributed by atoms with Gasteiger partial charge in [0, 0.05) is 4.47 Å². The highest BCUT2D eigenvalue weighted by atomic mass is 79.9. The van der Waals surface area contributed by atoms with Gasteiger partial charge in [-0.15, -0.1) is 0 Å². The Morgan fingerprint density at radius 2 is 1.76 bits per heavy atom. The number of rotatable bonds is 4. The molecule has 5 nitrogen and oxygen atoms in total. The normalized spacial score (nSPS) is 31.3. The van der Waals surface area contributed by atoms with Gasteiger partial charge in [0.25, 0.3) is 0 Å². The van der Waals surface area contributed by atoms with Gasteiger partial charge >= 0.3 is 5.97 Å². The molecule has 5 unspecified atom stereocenters. The van der Waals surface area contributed by atoms with Gasteiger partial charge in [-0.1, -0.05) is 40.2 Å². The Bertz CT molecular complexity index is 757. The van der Waals surface area contributed by atoms with Gasteiger partial charge in [-0.2, -0.15) is 0 Å². The van der Waals surface area contributed by atoms with Crippen LogP contribution in [0.2, 0.25) is 0 Å². The number of allylic oxidation sites excluding steroid dienone is 2. The molecule has 1 saturated heterocycles. The summed E-state index contributed by atoms with van der Waals surface area (Å²) in [6.07, 6.45) is 5.70. The van der Waals surface area contributed by atoms with Crippen LogP contribution in [0.1, 0.15) is 30.9 Å². The van der Waals surface area contributed by atoms with Crippen molar-refractivity contribution in [1.82, 2.24) is 4.90 Å². The van der Waals surface area contributed by atoms with Crippen molar-refractivity contribution in [2.75, 3.05) is 0 Å². The molecule has 5 atom stereocenters. The van der Waals surface area contributed by atoms with E-state index in [1.807, 2.05) is 6.07 Å². The van der Waals surface area contributed by atoms with Crippen LogP contribution in [0.5, 0.6) is 0 Å². The summed E-state index contributed by atoms with van der Waals surface area (Å²) in [4.78, 5) is 38.8. The first-order chi connectivity index (χ1) is 12.0. The number of hydrogen-bond acceptors (Lipinski definition) is 3. The molecular formula is C19H18BrNO4. The lowest BCUT2D eigenvalue weighted by molar-refractivity contribution is -0.146. The number of aliphatic carboxylic acids is 1. The Kier molecular flexibility index (Phi) is 4.02. The number of amides is 2. The molecule has 4 aliphatic rings. The number of carboxylic acids is 1. The maximum Gasteiger partial charge on any atom is 0.305 e. The molecule has 0 aromatic heterocycles. The number of likely N-dealkylation sites (tertiary alicyclic amines) is 1. The molecule has 1 saturated carbocycles. The highest BCUT2D eigenvalue weighted by Crippen LogP contribution is 2.51. The van der Waals surface area contributed by atoms with Crippen molar-refractivity contribution in [1.29, 1.82) is 0 Å². The first kappa shape index (κ1) is 16.5. The van der Waals surface area contributed by atoms with Crippen LogP contribution in [-0.2, 0) is 14.4 Å². The lowest BCUT2D eigenvalue weighted by atomic mass is 9.63. The molecule has 2 fully saturated rings. The van der Waals surface area contributed by atoms with Crippen LogP contribution in [0, 0.1) is 23.7 Å². The van der Waals surface area contributed by atoms with E-state index in [9.17, 15) is 19.5 Å². The SMILES string of the molecule is O=C(O)CC(c1cccc(Br)c1)N1C(=O)C2C3C=CC(CC3)C2C1=O. The Hall–Kier alpha value is -1.95. The average Bonchev–Trinajstić information content (AvgIpc) is 2.87. The van der Waals surface area contributed by atoms with Crippen molar-refractivity contribution >= 4 is 33.7 Å². The molecule has 2 bridgehead atoms. The fourth-order valence-electron chi connectivity index (χ4n) is 4.64. The van der Waals surface area contributed by atoms with Crippen LogP contribution in [-0.4, -0.2) is 27.8 Å². The predicted octanol–water partition coefficient (Wildman–Crippen LogP) is 3.16. The highest BCUT2D eigenvalue weighted by Gasteiger charge is 2.58. The van der Waals surface area contributed by atoms with Crippen molar-refractivity contribution in [3.8, 4) is 0 Å². The third-order valence-electron chi connectivity index (χ3n) is 5.71. The molecule has 0 radical (unpaired) electrons. The summed E-state index contributed by atoms with van der Waals surface area (Å²) in [5.41, 5.74) is 0.664. The fraction of sp³-hybridized carbons (Fsp3) is 0.421. The van der Waals surface area contributed by atoms with Gasteiger partial charge in [0.15, 0.2) is 0 Å². The van der Waals surface area contributed by atoms with E-state index in [1.54, 1.807) is 18.2 Å². The number of carbonyl (C=O) groups excluding carboxylic acids is 2. The number of carboxylic acid groups (broad SMARTS) is 1. The Balaban J connectivity index is 1.74. The lowest BCUT2D eigenvalue weighted by Gasteiger charge is -2.38. The van der Waals surface area contributed by atoms with E-state index in [-0.39, 0.29) is 41.9 Å². The van der Waals surface area contributed by atoms with Gasteiger partial charge in [-0.3, -0.25) is 19.3 Å². The summed E-state index contributed by atoms with van der Waals surface area (Å²) in [6, 6.07) is 6.41. The van der Waals surface area contributed by atoms with Crippen LogP contribution in [0.3, 0.4) is 0 Å². The van der Waals surface area contributed by atoms with E-state index in [0.29, 0.717) is 5.56 Å². The van der Waals surface area contributed by atoms with Crippen molar-refractivity contribution < 1.29 is 19.5 Å². The molecule has 1 aromatic carbocycles. The van der Waals surface area contributed by atoms with Crippen molar-refractivity contribution in [2.24, 2.45) is 23.7 Å². The zero-order chi connectivity index (χ0) is 17.7. The first-order valence-corrected chi connectivity index (χ1v) is 9.29. The molecule has 2 amide bonds. The molecular weight excluding hydrogens is 386 g/mol. The van der Waals surface area contributed by atoms with Crippen molar-refractivity contribution in [3.05, 3.63) is 46.5 Å². The van der Waals surface area contributed by atoms with E-state index in [2.05, 4.69) is 28.1 Å². The smallest absolute Gasteiger partial charge is 0.305 e. The molecule has 3 aliphatic carbocycles. The van der Waals surface area contributed by atoms with Gasteiger partial charge in [0.2, 0.25) is 11.8 Å². The van der Waals surface area contributed by atoms with Gasteiger partial charge < -0.3 is 5.11 Å². The van der Waals surface area contributed by atoms with Gasteiger partial charge in [-0.25, -0.2) is 0 Å². The number of fused-ring (bicyclic) bond motifs is 1. The van der Waals surface area contributed by atoms with Crippen molar-refractivity contribution in [3.63, 3.8) is 0 Å². The zero-order valence-corrected chi connectivity index (χ0v) is 15.1. The summed E-state index contributed by atoms with van der Waals surface area (Å²) in [5, 5.41) is 9.35. The Morgan fingerprint density at radius 3 is 2.24 bits per heavy atom. The molecule has 1 aromatic rings. The number of halogens is 1. The molecule has 1 N–H and O–H groups in total. The summed E-state index contributed by atoms with van der Waals surface area (Å²) in [5.74, 6) is -1.88. The van der Waals surface area contributed by atoms with Gasteiger partial charge in [-0.05, 0) is 42.4 Å². The predicted molar refractivity (Wildman–Crippen MR) is 93.3 cm³/mol. The van der Waals surface area contributed by atoms with Crippen molar-refractivity contribution in [2.45, 2.75) is 25.3 Å². The second-order valence-corrected chi connectivity index (χ2v) is 7.97. The number of imide groups is 1. The molecule has 6 heteroatoms. The number of benzene rings is 1. The van der Waals surface area contributed by atoms with Crippen LogP contribution < -0.4 is 0 Å². The lowest BCUT2D eigenvalue weighted by Crippen LogP contribution is -2.38. The van der Waals surface area contributed by atoms with Gasteiger partial charge in [0.05, 0.1) is 24.3 Å². The molecule has 130 valence electrons. The summed E-state index contributed by atoms with van der Waals surface area (Å²) in [6.45, 7) is 0. The summed E-state index contributed by atoms with van der Waals surface area (Å²) in [7, 11) is 0. The standard InChI is InChI=1S/C19H18BrNO4/c20-13-3-1-2-12(8-13)14(9-15(22)23)21-18(24)16-10-4-5-11(7-6-10)17(16)19(21)25/h1-5,8,10-11,14,16-17H,6-7,9H2,(H,22,23). The summed E-state index contributed by atoms with van der Waals surface area (Å²) < 4.78 is 0.790. The molecule has 5 rings (SSSR count). The van der Waals surface area contributed by atoms with E-state index >= 15 is 0 Å². The number of hydrogen-bond donors (Lipinski definition) is 1. The van der Waals surface area contributed by atoms with Crippen LogP contribution in [0.15, 0.2) is 40.9 Å². The van der Waals surface area contributed by atoms with Gasteiger partial charge in [0.1, 0.15) is 0 Å². The number of nitrogens with zero attached hydrogens (tertiary/aromatic N) is 1. The quantitative estimate of drug-likeness (QED) is 0.618. The minimum Gasteiger partial charge on any atom is -0.481 e. The van der Waals surface area contributed by atoms with Crippen LogP contribution in [0.4, 0.5) is 0 Å². The fourth-order valence-corrected chi connectivity index (χ4v) is 5.06. The van der Waals surface area contributed by atoms with Crippen LogP contribution >= 0.6 is 15.9 Å². The number of carbonyl (C=O) groups is 3. The third-order valence-corrected chi connectivity index (χ3v) is 6.20. The maximum absolute atomic E-state index is 13.1. The maximum atomic E-state index is 13.1. The van der Waals surface area contributed by atoms with E-state index < -0.39 is 12.0 Å². The first-order valence-electron chi connectivity index (χ1n) is 8.50. The highest BCUT2D eigenvalue weighted by molar-refractivity contribution is 9.10. The van der Waals surface area contributed by atoms with Crippen LogP contribution in [0.25, 0.3) is 0 Å². The molecule has 1 aliphatic heterocycles. The largest absolute Gasteiger partial charge is 0.481 e. The minimum absolute atomic E-state index is 0.101. The van der Waals surface area contributed by atoms with E-state index in [4.69, 9.17) is 0 Å². The minimum atomic E-state index is -1.03.